The highest BCUT2D eigenvalue weighted by molar-refractivity contribution is 7.89. The minimum Gasteiger partial charge on any atom is -0.495 e. The summed E-state index contributed by atoms with van der Waals surface area (Å²) in [5.74, 6) is -0.538. The first kappa shape index (κ1) is 17.7. The standard InChI is InChI=1S/C17H16FNO4S2/c1-22-16-5-4-14(18)9-17(16)25(20,21)19(10-13-6-7-23-12-13)11-15-3-2-8-24-15/h2-9,12H,10-11H2,1H3. The molecule has 0 fully saturated rings. The van der Waals surface area contributed by atoms with Crippen molar-refractivity contribution in [1.29, 1.82) is 0 Å². The molecule has 2 heterocycles. The van der Waals surface area contributed by atoms with Gasteiger partial charge in [-0.3, -0.25) is 0 Å². The summed E-state index contributed by atoms with van der Waals surface area (Å²) in [6.07, 6.45) is 2.97. The Morgan fingerprint density at radius 1 is 1.24 bits per heavy atom. The lowest BCUT2D eigenvalue weighted by atomic mass is 10.3. The van der Waals surface area contributed by atoms with Crippen molar-refractivity contribution in [3.63, 3.8) is 0 Å². The van der Waals surface area contributed by atoms with E-state index in [1.54, 1.807) is 6.07 Å². The first-order chi connectivity index (χ1) is 12.0. The van der Waals surface area contributed by atoms with Gasteiger partial charge in [0.15, 0.2) is 0 Å². The molecule has 132 valence electrons. The molecule has 2 aromatic heterocycles. The molecule has 0 saturated carbocycles. The number of hydrogen-bond donors (Lipinski definition) is 0. The van der Waals surface area contributed by atoms with Gasteiger partial charge in [-0.1, -0.05) is 6.07 Å². The van der Waals surface area contributed by atoms with Crippen molar-refractivity contribution in [2.75, 3.05) is 7.11 Å². The molecule has 0 amide bonds. The zero-order chi connectivity index (χ0) is 17.9. The van der Waals surface area contributed by atoms with Crippen LogP contribution >= 0.6 is 11.3 Å². The summed E-state index contributed by atoms with van der Waals surface area (Å²) >= 11 is 1.45. The van der Waals surface area contributed by atoms with Crippen LogP contribution in [0.1, 0.15) is 10.4 Å². The SMILES string of the molecule is COc1ccc(F)cc1S(=O)(=O)N(Cc1ccoc1)Cc1cccs1. The molecule has 0 N–H and O–H groups in total. The fraction of sp³-hybridized carbons (Fsp3) is 0.176. The molecule has 3 rings (SSSR count). The van der Waals surface area contributed by atoms with Crippen LogP contribution in [0.3, 0.4) is 0 Å². The predicted octanol–water partition coefficient (Wildman–Crippen LogP) is 3.88. The van der Waals surface area contributed by atoms with Gasteiger partial charge in [-0.05, 0) is 35.7 Å². The normalized spacial score (nSPS) is 11.8. The molecule has 0 aliphatic rings. The monoisotopic (exact) mass is 381 g/mol. The third-order valence-electron chi connectivity index (χ3n) is 3.59. The van der Waals surface area contributed by atoms with Crippen molar-refractivity contribution in [2.45, 2.75) is 18.0 Å². The van der Waals surface area contributed by atoms with Crippen molar-refractivity contribution in [3.8, 4) is 5.75 Å². The molecule has 0 bridgehead atoms. The van der Waals surface area contributed by atoms with E-state index >= 15 is 0 Å². The van der Waals surface area contributed by atoms with Crippen LogP contribution in [-0.4, -0.2) is 19.8 Å². The zero-order valence-electron chi connectivity index (χ0n) is 13.4. The van der Waals surface area contributed by atoms with Crippen LogP contribution in [0.5, 0.6) is 5.75 Å². The summed E-state index contributed by atoms with van der Waals surface area (Å²) in [5, 5.41) is 1.88. The number of halogens is 1. The molecule has 0 spiro atoms. The Bertz CT molecular complexity index is 885. The van der Waals surface area contributed by atoms with Gasteiger partial charge in [-0.2, -0.15) is 4.31 Å². The van der Waals surface area contributed by atoms with E-state index in [-0.39, 0.29) is 23.7 Å². The molecule has 0 saturated heterocycles. The van der Waals surface area contributed by atoms with Crippen LogP contribution in [0.15, 0.2) is 63.6 Å². The van der Waals surface area contributed by atoms with E-state index in [2.05, 4.69) is 0 Å². The van der Waals surface area contributed by atoms with Gasteiger partial charge < -0.3 is 9.15 Å². The molecular formula is C17H16FNO4S2. The van der Waals surface area contributed by atoms with E-state index in [4.69, 9.17) is 9.15 Å². The van der Waals surface area contributed by atoms with Gasteiger partial charge in [-0.25, -0.2) is 12.8 Å². The third-order valence-corrected chi connectivity index (χ3v) is 6.27. The minimum atomic E-state index is -3.99. The fourth-order valence-corrected chi connectivity index (χ4v) is 4.75. The second-order valence-corrected chi connectivity index (χ2v) is 8.22. The molecule has 1 aromatic carbocycles. The van der Waals surface area contributed by atoms with Crippen LogP contribution < -0.4 is 4.74 Å². The van der Waals surface area contributed by atoms with Gasteiger partial charge in [0, 0.05) is 23.5 Å². The van der Waals surface area contributed by atoms with Crippen molar-refractivity contribution in [3.05, 3.63) is 70.6 Å². The fourth-order valence-electron chi connectivity index (χ4n) is 2.38. The van der Waals surface area contributed by atoms with Crippen molar-refractivity contribution in [1.82, 2.24) is 4.31 Å². The summed E-state index contributed by atoms with van der Waals surface area (Å²) in [4.78, 5) is 0.678. The first-order valence-electron chi connectivity index (χ1n) is 7.38. The van der Waals surface area contributed by atoms with Crippen molar-refractivity contribution >= 4 is 21.4 Å². The van der Waals surface area contributed by atoms with Crippen molar-refractivity contribution < 1.29 is 22.0 Å². The zero-order valence-corrected chi connectivity index (χ0v) is 15.0. The second-order valence-electron chi connectivity index (χ2n) is 5.28. The lowest BCUT2D eigenvalue weighted by Gasteiger charge is -2.22. The lowest BCUT2D eigenvalue weighted by molar-refractivity contribution is 0.382. The largest absolute Gasteiger partial charge is 0.495 e. The van der Waals surface area contributed by atoms with Gasteiger partial charge >= 0.3 is 0 Å². The molecule has 5 nitrogen and oxygen atoms in total. The molecule has 3 aromatic rings. The maximum absolute atomic E-state index is 13.7. The van der Waals surface area contributed by atoms with Crippen LogP contribution in [0.4, 0.5) is 4.39 Å². The molecule has 8 heteroatoms. The summed E-state index contributed by atoms with van der Waals surface area (Å²) in [7, 11) is -2.63. The quantitative estimate of drug-likeness (QED) is 0.623. The van der Waals surface area contributed by atoms with E-state index in [1.165, 1.54) is 41.3 Å². The van der Waals surface area contributed by atoms with Gasteiger partial charge in [0.25, 0.3) is 0 Å². The number of nitrogens with zero attached hydrogens (tertiary/aromatic N) is 1. The first-order valence-corrected chi connectivity index (χ1v) is 9.70. The Morgan fingerprint density at radius 2 is 2.08 bits per heavy atom. The van der Waals surface area contributed by atoms with Crippen molar-refractivity contribution in [2.24, 2.45) is 0 Å². The second kappa shape index (κ2) is 7.38. The summed E-state index contributed by atoms with van der Waals surface area (Å²) in [6, 6.07) is 8.85. The predicted molar refractivity (Wildman–Crippen MR) is 92.4 cm³/mol. The van der Waals surface area contributed by atoms with E-state index in [0.29, 0.717) is 5.56 Å². The number of methoxy groups -OCH3 is 1. The molecule has 0 atom stereocenters. The summed E-state index contributed by atoms with van der Waals surface area (Å²) < 4.78 is 51.4. The highest BCUT2D eigenvalue weighted by Gasteiger charge is 2.29. The molecule has 0 aliphatic heterocycles. The molecule has 0 unspecified atom stereocenters. The lowest BCUT2D eigenvalue weighted by Crippen LogP contribution is -2.30. The average Bonchev–Trinajstić information content (AvgIpc) is 3.28. The van der Waals surface area contributed by atoms with E-state index in [0.717, 1.165) is 17.0 Å². The number of rotatable bonds is 7. The van der Waals surface area contributed by atoms with Gasteiger partial charge in [0.2, 0.25) is 10.0 Å². The Kier molecular flexibility index (Phi) is 5.22. The molecule has 25 heavy (non-hydrogen) atoms. The average molecular weight is 381 g/mol. The number of benzene rings is 1. The Balaban J connectivity index is 2.02. The summed E-state index contributed by atoms with van der Waals surface area (Å²) in [5.41, 5.74) is 0.704. The molecular weight excluding hydrogens is 365 g/mol. The van der Waals surface area contributed by atoms with Crippen LogP contribution in [-0.2, 0) is 23.1 Å². The number of furan rings is 1. The van der Waals surface area contributed by atoms with Crippen LogP contribution in [0, 0.1) is 5.82 Å². The number of thiophene rings is 1. The van der Waals surface area contributed by atoms with Gasteiger partial charge in [0.05, 0.1) is 19.6 Å². The smallest absolute Gasteiger partial charge is 0.247 e. The van der Waals surface area contributed by atoms with Crippen LogP contribution in [0.2, 0.25) is 0 Å². The Morgan fingerprint density at radius 3 is 2.72 bits per heavy atom. The van der Waals surface area contributed by atoms with Crippen LogP contribution in [0.25, 0.3) is 0 Å². The maximum Gasteiger partial charge on any atom is 0.247 e. The number of ether oxygens (including phenoxy) is 1. The molecule has 0 aliphatic carbocycles. The van der Waals surface area contributed by atoms with Gasteiger partial charge in [0.1, 0.15) is 16.5 Å². The van der Waals surface area contributed by atoms with E-state index in [1.807, 2.05) is 17.5 Å². The van der Waals surface area contributed by atoms with E-state index < -0.39 is 15.8 Å². The Hall–Kier alpha value is -2.16. The highest BCUT2D eigenvalue weighted by Crippen LogP contribution is 2.30. The third kappa shape index (κ3) is 3.92. The van der Waals surface area contributed by atoms with Gasteiger partial charge in [-0.15, -0.1) is 11.3 Å². The molecule has 0 radical (unpaired) electrons. The maximum atomic E-state index is 13.7. The topological polar surface area (TPSA) is 59.8 Å². The van der Waals surface area contributed by atoms with E-state index in [9.17, 15) is 12.8 Å². The number of hydrogen-bond acceptors (Lipinski definition) is 5. The minimum absolute atomic E-state index is 0.102. The Labute approximate surface area is 149 Å². The highest BCUT2D eigenvalue weighted by atomic mass is 32.2. The summed E-state index contributed by atoms with van der Waals surface area (Å²) in [6.45, 7) is 0.279. The number of sulfonamides is 1.